The Balaban J connectivity index is 1.71. The zero-order chi connectivity index (χ0) is 16.9. The number of primary amides is 1. The van der Waals surface area contributed by atoms with E-state index in [0.29, 0.717) is 17.7 Å². The van der Waals surface area contributed by atoms with Gasteiger partial charge >= 0.3 is 0 Å². The van der Waals surface area contributed by atoms with E-state index in [2.05, 4.69) is 10.7 Å². The minimum atomic E-state index is -0.488. The molecule has 0 aliphatic heterocycles. The summed E-state index contributed by atoms with van der Waals surface area (Å²) in [6.07, 6.45) is 4.23. The number of benzene rings is 1. The Morgan fingerprint density at radius 2 is 1.83 bits per heavy atom. The zero-order valence-corrected chi connectivity index (χ0v) is 13.7. The molecule has 1 atom stereocenters. The molecule has 2 heterocycles. The topological polar surface area (TPSA) is 77.1 Å². The standard InChI is InChI=1S/C18H17N3O2S/c19-18(23)13-3-5-15(6-4-13)20-17(22)11-16(14-7-10-24-12-14)21-8-1-2-9-21/h1-10,12,16H,11H2,(H2,19,23)(H,20,22)/t16-/m1/s1. The zero-order valence-electron chi connectivity index (χ0n) is 12.9. The quantitative estimate of drug-likeness (QED) is 0.723. The molecule has 0 unspecified atom stereocenters. The number of carbonyl (C=O) groups is 2. The lowest BCUT2D eigenvalue weighted by Gasteiger charge is -2.18. The summed E-state index contributed by atoms with van der Waals surface area (Å²) in [6.45, 7) is 0. The molecule has 0 radical (unpaired) electrons. The van der Waals surface area contributed by atoms with Crippen LogP contribution >= 0.6 is 11.3 Å². The molecule has 122 valence electrons. The molecule has 5 nitrogen and oxygen atoms in total. The Morgan fingerprint density at radius 1 is 1.12 bits per heavy atom. The molecule has 2 aromatic heterocycles. The molecule has 0 spiro atoms. The number of hydrogen-bond acceptors (Lipinski definition) is 3. The molecule has 0 bridgehead atoms. The van der Waals surface area contributed by atoms with Crippen LogP contribution in [0.4, 0.5) is 5.69 Å². The van der Waals surface area contributed by atoms with Gasteiger partial charge in [0.1, 0.15) is 0 Å². The number of nitrogens with one attached hydrogen (secondary N) is 1. The van der Waals surface area contributed by atoms with Crippen LogP contribution in [-0.4, -0.2) is 16.4 Å². The van der Waals surface area contributed by atoms with Crippen molar-refractivity contribution in [1.29, 1.82) is 0 Å². The van der Waals surface area contributed by atoms with Gasteiger partial charge in [0.25, 0.3) is 0 Å². The number of rotatable bonds is 6. The van der Waals surface area contributed by atoms with Crippen molar-refractivity contribution in [2.24, 2.45) is 5.73 Å². The van der Waals surface area contributed by atoms with Gasteiger partial charge in [0.15, 0.2) is 0 Å². The van der Waals surface area contributed by atoms with Crippen LogP contribution in [0.25, 0.3) is 0 Å². The van der Waals surface area contributed by atoms with Crippen molar-refractivity contribution in [3.8, 4) is 0 Å². The maximum atomic E-state index is 12.4. The first kappa shape index (κ1) is 16.0. The van der Waals surface area contributed by atoms with E-state index in [0.717, 1.165) is 5.56 Å². The van der Waals surface area contributed by atoms with Crippen molar-refractivity contribution >= 4 is 28.8 Å². The summed E-state index contributed by atoms with van der Waals surface area (Å²) in [6, 6.07) is 12.4. The molecule has 3 rings (SSSR count). The predicted octanol–water partition coefficient (Wildman–Crippen LogP) is 3.27. The van der Waals surface area contributed by atoms with Crippen molar-refractivity contribution in [2.45, 2.75) is 12.5 Å². The first-order valence-electron chi connectivity index (χ1n) is 7.48. The van der Waals surface area contributed by atoms with Crippen LogP contribution in [0.15, 0.2) is 65.6 Å². The number of nitrogens with two attached hydrogens (primary N) is 1. The highest BCUT2D eigenvalue weighted by Crippen LogP contribution is 2.25. The molecular weight excluding hydrogens is 322 g/mol. The van der Waals surface area contributed by atoms with Crippen LogP contribution in [-0.2, 0) is 4.79 Å². The van der Waals surface area contributed by atoms with Crippen LogP contribution in [0.1, 0.15) is 28.4 Å². The average Bonchev–Trinajstić information content (AvgIpc) is 3.27. The van der Waals surface area contributed by atoms with Gasteiger partial charge in [0.05, 0.1) is 12.5 Å². The Hall–Kier alpha value is -2.86. The van der Waals surface area contributed by atoms with E-state index in [4.69, 9.17) is 5.73 Å². The van der Waals surface area contributed by atoms with Crippen LogP contribution in [0.2, 0.25) is 0 Å². The van der Waals surface area contributed by atoms with Gasteiger partial charge < -0.3 is 15.6 Å². The van der Waals surface area contributed by atoms with E-state index >= 15 is 0 Å². The Kier molecular flexibility index (Phi) is 4.77. The smallest absolute Gasteiger partial charge is 0.248 e. The second-order valence-corrected chi connectivity index (χ2v) is 6.18. The normalized spacial score (nSPS) is 11.8. The summed E-state index contributed by atoms with van der Waals surface area (Å²) < 4.78 is 2.03. The van der Waals surface area contributed by atoms with Crippen LogP contribution < -0.4 is 11.1 Å². The van der Waals surface area contributed by atoms with Gasteiger partial charge in [-0.1, -0.05) is 0 Å². The average molecular weight is 339 g/mol. The van der Waals surface area contributed by atoms with Crippen molar-refractivity contribution < 1.29 is 9.59 Å². The summed E-state index contributed by atoms with van der Waals surface area (Å²) in [5.41, 5.74) is 7.37. The minimum absolute atomic E-state index is 0.0452. The monoisotopic (exact) mass is 339 g/mol. The molecule has 1 aromatic carbocycles. The summed E-state index contributed by atoms with van der Waals surface area (Å²) in [5, 5.41) is 6.92. The van der Waals surface area contributed by atoms with Gasteiger partial charge in [-0.2, -0.15) is 11.3 Å². The maximum absolute atomic E-state index is 12.4. The third-order valence-electron chi connectivity index (χ3n) is 3.75. The van der Waals surface area contributed by atoms with Crippen molar-refractivity contribution in [2.75, 3.05) is 5.32 Å². The molecule has 3 aromatic rings. The third kappa shape index (κ3) is 3.72. The van der Waals surface area contributed by atoms with E-state index in [9.17, 15) is 9.59 Å². The Bertz CT molecular complexity index is 774. The van der Waals surface area contributed by atoms with Crippen molar-refractivity contribution in [3.63, 3.8) is 0 Å². The summed E-state index contributed by atoms with van der Waals surface area (Å²) >= 11 is 1.61. The highest BCUT2D eigenvalue weighted by Gasteiger charge is 2.18. The number of hydrogen-bond donors (Lipinski definition) is 2. The fourth-order valence-electron chi connectivity index (χ4n) is 2.52. The van der Waals surface area contributed by atoms with Gasteiger partial charge in [-0.3, -0.25) is 9.59 Å². The van der Waals surface area contributed by atoms with Crippen molar-refractivity contribution in [3.05, 3.63) is 76.7 Å². The Morgan fingerprint density at radius 3 is 2.42 bits per heavy atom. The lowest BCUT2D eigenvalue weighted by molar-refractivity contribution is -0.116. The summed E-state index contributed by atoms with van der Waals surface area (Å²) in [4.78, 5) is 23.5. The minimum Gasteiger partial charge on any atom is -0.366 e. The lowest BCUT2D eigenvalue weighted by atomic mass is 10.1. The number of nitrogens with zero attached hydrogens (tertiary/aromatic N) is 1. The van der Waals surface area contributed by atoms with Gasteiger partial charge in [-0.25, -0.2) is 0 Å². The second kappa shape index (κ2) is 7.14. The Labute approximate surface area is 143 Å². The fourth-order valence-corrected chi connectivity index (χ4v) is 3.23. The summed E-state index contributed by atoms with van der Waals surface area (Å²) in [7, 11) is 0. The van der Waals surface area contributed by atoms with Crippen LogP contribution in [0, 0.1) is 0 Å². The van der Waals surface area contributed by atoms with E-state index in [1.165, 1.54) is 0 Å². The van der Waals surface area contributed by atoms with Gasteiger partial charge in [-0.05, 0) is 58.8 Å². The SMILES string of the molecule is NC(=O)c1ccc(NC(=O)C[C@H](c2ccsc2)n2cccc2)cc1. The first-order valence-corrected chi connectivity index (χ1v) is 8.42. The van der Waals surface area contributed by atoms with Gasteiger partial charge in [-0.15, -0.1) is 0 Å². The molecule has 0 saturated carbocycles. The van der Waals surface area contributed by atoms with E-state index in [1.807, 2.05) is 40.5 Å². The van der Waals surface area contributed by atoms with Gasteiger partial charge in [0.2, 0.25) is 11.8 Å². The molecule has 0 saturated heterocycles. The number of aromatic nitrogens is 1. The third-order valence-corrected chi connectivity index (χ3v) is 4.45. The van der Waals surface area contributed by atoms with Crippen LogP contribution in [0.3, 0.4) is 0 Å². The highest BCUT2D eigenvalue weighted by molar-refractivity contribution is 7.08. The number of thiophene rings is 1. The number of anilines is 1. The second-order valence-electron chi connectivity index (χ2n) is 5.40. The van der Waals surface area contributed by atoms with E-state index in [1.54, 1.807) is 35.6 Å². The highest BCUT2D eigenvalue weighted by atomic mass is 32.1. The predicted molar refractivity (Wildman–Crippen MR) is 95.1 cm³/mol. The largest absolute Gasteiger partial charge is 0.366 e. The molecule has 2 amide bonds. The molecule has 0 aliphatic rings. The molecule has 3 N–H and O–H groups in total. The van der Waals surface area contributed by atoms with E-state index in [-0.39, 0.29) is 11.9 Å². The molecule has 24 heavy (non-hydrogen) atoms. The van der Waals surface area contributed by atoms with E-state index < -0.39 is 5.91 Å². The number of carbonyl (C=O) groups excluding carboxylic acids is 2. The van der Waals surface area contributed by atoms with Crippen LogP contribution in [0.5, 0.6) is 0 Å². The summed E-state index contributed by atoms with van der Waals surface area (Å²) in [5.74, 6) is -0.579. The number of amides is 2. The first-order chi connectivity index (χ1) is 11.6. The molecule has 0 fully saturated rings. The molecule has 6 heteroatoms. The lowest BCUT2D eigenvalue weighted by Crippen LogP contribution is -2.19. The fraction of sp³-hybridized carbons (Fsp3) is 0.111. The maximum Gasteiger partial charge on any atom is 0.248 e. The molecular formula is C18H17N3O2S. The van der Waals surface area contributed by atoms with Gasteiger partial charge in [0, 0.05) is 23.6 Å². The molecule has 0 aliphatic carbocycles. The van der Waals surface area contributed by atoms with Crippen molar-refractivity contribution in [1.82, 2.24) is 4.57 Å².